The first kappa shape index (κ1) is 16.1. The maximum Gasteiger partial charge on any atom is 0.329 e. The van der Waals surface area contributed by atoms with Crippen LogP contribution in [0.25, 0.3) is 11.8 Å². The Morgan fingerprint density at radius 3 is 2.79 bits per heavy atom. The smallest absolute Gasteiger partial charge is 0.317 e. The molecule has 1 N–H and O–H groups in total. The van der Waals surface area contributed by atoms with E-state index in [4.69, 9.17) is 11.6 Å². The molecule has 1 aliphatic heterocycles. The molecule has 0 radical (unpaired) electrons. The molecule has 122 valence electrons. The first-order valence-corrected chi connectivity index (χ1v) is 7.78. The zero-order chi connectivity index (χ0) is 17.3. The van der Waals surface area contributed by atoms with Crippen LogP contribution < -0.4 is 5.32 Å². The maximum atomic E-state index is 12.3. The number of aromatic nitrogens is 1. The lowest BCUT2D eigenvalue weighted by molar-refractivity contribution is -0.122. The molecule has 1 aromatic heterocycles. The molecule has 1 aromatic carbocycles. The maximum absolute atomic E-state index is 12.3. The number of hydrogen-bond donors (Lipinski definition) is 1. The lowest BCUT2D eigenvalue weighted by atomic mass is 10.2. The van der Waals surface area contributed by atoms with Crippen molar-refractivity contribution in [1.82, 2.24) is 14.8 Å². The van der Waals surface area contributed by atoms with Gasteiger partial charge in [0.1, 0.15) is 5.70 Å². The number of halogens is 1. The van der Waals surface area contributed by atoms with Crippen LogP contribution in [0.1, 0.15) is 11.3 Å². The van der Waals surface area contributed by atoms with Gasteiger partial charge in [0, 0.05) is 29.1 Å². The topological polar surface area (TPSA) is 54.3 Å². The average molecular weight is 342 g/mol. The van der Waals surface area contributed by atoms with Crippen molar-refractivity contribution < 1.29 is 9.59 Å². The molecule has 2 aromatic rings. The predicted molar refractivity (Wildman–Crippen MR) is 93.9 cm³/mol. The number of rotatable bonds is 4. The monoisotopic (exact) mass is 341 g/mol. The highest BCUT2D eigenvalue weighted by Gasteiger charge is 2.32. The van der Waals surface area contributed by atoms with Crippen LogP contribution in [0.4, 0.5) is 4.79 Å². The lowest BCUT2D eigenvalue weighted by Crippen LogP contribution is -2.30. The summed E-state index contributed by atoms with van der Waals surface area (Å²) in [6.07, 6.45) is 5.03. The molecule has 3 amide bonds. The van der Waals surface area contributed by atoms with Crippen LogP contribution in [0.2, 0.25) is 5.02 Å². The third kappa shape index (κ3) is 2.86. The highest BCUT2D eigenvalue weighted by Crippen LogP contribution is 2.22. The molecule has 2 heterocycles. The van der Waals surface area contributed by atoms with Crippen LogP contribution in [-0.4, -0.2) is 28.0 Å². The third-order valence-electron chi connectivity index (χ3n) is 3.78. The number of amides is 3. The SMILES string of the molecule is C=CCN1C(=O)N/C(=C/c2cccn2-c2ccc(C)c(Cl)c2)C1=O. The second kappa shape index (κ2) is 6.37. The fourth-order valence-corrected chi connectivity index (χ4v) is 2.67. The van der Waals surface area contributed by atoms with Crippen molar-refractivity contribution in [3.05, 3.63) is 71.2 Å². The van der Waals surface area contributed by atoms with E-state index in [1.54, 1.807) is 6.08 Å². The highest BCUT2D eigenvalue weighted by atomic mass is 35.5. The van der Waals surface area contributed by atoms with Gasteiger partial charge >= 0.3 is 6.03 Å². The van der Waals surface area contributed by atoms with Crippen LogP contribution >= 0.6 is 11.6 Å². The van der Waals surface area contributed by atoms with Gasteiger partial charge < -0.3 is 9.88 Å². The minimum Gasteiger partial charge on any atom is -0.317 e. The molecule has 1 fully saturated rings. The quantitative estimate of drug-likeness (QED) is 0.525. The van der Waals surface area contributed by atoms with Gasteiger partial charge in [0.05, 0.1) is 0 Å². The molecular formula is C18H16ClN3O2. The van der Waals surface area contributed by atoms with E-state index in [2.05, 4.69) is 11.9 Å². The van der Waals surface area contributed by atoms with Crippen molar-refractivity contribution in [3.63, 3.8) is 0 Å². The molecule has 5 nitrogen and oxygen atoms in total. The minimum atomic E-state index is -0.442. The second-order valence-electron chi connectivity index (χ2n) is 5.43. The molecule has 0 bridgehead atoms. The number of urea groups is 1. The molecule has 1 aliphatic rings. The number of carbonyl (C=O) groups is 2. The summed E-state index contributed by atoms with van der Waals surface area (Å²) in [6.45, 7) is 5.67. The normalized spacial score (nSPS) is 15.9. The van der Waals surface area contributed by atoms with Gasteiger partial charge in [0.2, 0.25) is 0 Å². The van der Waals surface area contributed by atoms with Gasteiger partial charge in [-0.25, -0.2) is 4.79 Å². The van der Waals surface area contributed by atoms with E-state index in [-0.39, 0.29) is 18.1 Å². The Bertz CT molecular complexity index is 867. The lowest BCUT2D eigenvalue weighted by Gasteiger charge is -2.09. The molecule has 0 atom stereocenters. The Labute approximate surface area is 144 Å². The first-order valence-electron chi connectivity index (χ1n) is 7.40. The van der Waals surface area contributed by atoms with E-state index in [9.17, 15) is 9.59 Å². The van der Waals surface area contributed by atoms with Crippen molar-refractivity contribution >= 4 is 29.6 Å². The van der Waals surface area contributed by atoms with E-state index < -0.39 is 6.03 Å². The van der Waals surface area contributed by atoms with Crippen molar-refractivity contribution in [2.24, 2.45) is 0 Å². The fourth-order valence-electron chi connectivity index (χ4n) is 2.49. The minimum absolute atomic E-state index is 0.177. The van der Waals surface area contributed by atoms with E-state index in [1.165, 1.54) is 6.08 Å². The molecule has 24 heavy (non-hydrogen) atoms. The average Bonchev–Trinajstić information content (AvgIpc) is 3.11. The summed E-state index contributed by atoms with van der Waals surface area (Å²) in [6, 6.07) is 9.02. The van der Waals surface area contributed by atoms with Crippen molar-refractivity contribution in [2.45, 2.75) is 6.92 Å². The molecular weight excluding hydrogens is 326 g/mol. The Kier molecular flexibility index (Phi) is 4.27. The number of carbonyl (C=O) groups excluding carboxylic acids is 2. The van der Waals surface area contributed by atoms with E-state index in [0.717, 1.165) is 21.8 Å². The molecule has 0 aliphatic carbocycles. The number of nitrogens with one attached hydrogen (secondary N) is 1. The molecule has 6 heteroatoms. The van der Waals surface area contributed by atoms with Gasteiger partial charge in [-0.2, -0.15) is 0 Å². The third-order valence-corrected chi connectivity index (χ3v) is 4.19. The van der Waals surface area contributed by atoms with Crippen LogP contribution in [-0.2, 0) is 4.79 Å². The summed E-state index contributed by atoms with van der Waals surface area (Å²) in [5.41, 5.74) is 2.87. The highest BCUT2D eigenvalue weighted by molar-refractivity contribution is 6.31. The Hall–Kier alpha value is -2.79. The summed E-state index contributed by atoms with van der Waals surface area (Å²) in [4.78, 5) is 25.2. The first-order chi connectivity index (χ1) is 11.5. The number of aryl methyl sites for hydroxylation is 1. The van der Waals surface area contributed by atoms with Crippen LogP contribution in [0, 0.1) is 6.92 Å². The molecule has 3 rings (SSSR count). The van der Waals surface area contributed by atoms with Gasteiger partial charge in [-0.3, -0.25) is 9.69 Å². The largest absolute Gasteiger partial charge is 0.329 e. The summed E-state index contributed by atoms with van der Waals surface area (Å²) in [5.74, 6) is -0.366. The predicted octanol–water partition coefficient (Wildman–Crippen LogP) is 3.52. The number of nitrogens with zero attached hydrogens (tertiary/aromatic N) is 2. The van der Waals surface area contributed by atoms with Crippen molar-refractivity contribution in [3.8, 4) is 5.69 Å². The van der Waals surface area contributed by atoms with Gasteiger partial charge in [-0.15, -0.1) is 6.58 Å². The number of benzene rings is 1. The summed E-state index contributed by atoms with van der Waals surface area (Å²) < 4.78 is 1.90. The summed E-state index contributed by atoms with van der Waals surface area (Å²) in [5, 5.41) is 3.26. The summed E-state index contributed by atoms with van der Waals surface area (Å²) >= 11 is 6.19. The Morgan fingerprint density at radius 2 is 2.08 bits per heavy atom. The molecule has 0 saturated carbocycles. The molecule has 1 saturated heterocycles. The van der Waals surface area contributed by atoms with Crippen LogP contribution in [0.3, 0.4) is 0 Å². The van der Waals surface area contributed by atoms with Gasteiger partial charge in [0.25, 0.3) is 5.91 Å². The molecule has 0 unspecified atom stereocenters. The van der Waals surface area contributed by atoms with Gasteiger partial charge in [0.15, 0.2) is 0 Å². The van der Waals surface area contributed by atoms with E-state index >= 15 is 0 Å². The van der Waals surface area contributed by atoms with E-state index in [0.29, 0.717) is 5.02 Å². The standard InChI is InChI=1S/C18H16ClN3O2/c1-3-8-22-17(23)16(20-18(22)24)11-13-5-4-9-21(13)14-7-6-12(2)15(19)10-14/h3-7,9-11H,1,8H2,2H3,(H,20,24)/b16-11+. The summed E-state index contributed by atoms with van der Waals surface area (Å²) in [7, 11) is 0. The van der Waals surface area contributed by atoms with Crippen LogP contribution in [0.5, 0.6) is 0 Å². The van der Waals surface area contributed by atoms with Crippen molar-refractivity contribution in [2.75, 3.05) is 6.54 Å². The van der Waals surface area contributed by atoms with Gasteiger partial charge in [-0.05, 0) is 42.8 Å². The second-order valence-corrected chi connectivity index (χ2v) is 5.84. The van der Waals surface area contributed by atoms with Gasteiger partial charge in [-0.1, -0.05) is 23.7 Å². The number of imide groups is 1. The zero-order valence-electron chi connectivity index (χ0n) is 13.1. The van der Waals surface area contributed by atoms with Crippen molar-refractivity contribution in [1.29, 1.82) is 0 Å². The number of hydrogen-bond acceptors (Lipinski definition) is 2. The van der Waals surface area contributed by atoms with Crippen LogP contribution in [0.15, 0.2) is 54.9 Å². The fraction of sp³-hybridized carbons (Fsp3) is 0.111. The van der Waals surface area contributed by atoms with E-state index in [1.807, 2.05) is 48.0 Å². The molecule has 0 spiro atoms. The Morgan fingerprint density at radius 1 is 1.29 bits per heavy atom. The Balaban J connectivity index is 1.96. The zero-order valence-corrected chi connectivity index (χ0v) is 13.9.